The Labute approximate surface area is 72.1 Å². The van der Waals surface area contributed by atoms with Gasteiger partial charge in [-0.15, -0.1) is 0 Å². The molecule has 0 N–H and O–H groups in total. The zero-order valence-corrected chi connectivity index (χ0v) is 11.5. The first kappa shape index (κ1) is 7.36. The molecule has 0 saturated carbocycles. The van der Waals surface area contributed by atoms with Crippen LogP contribution in [0.15, 0.2) is 0 Å². The molecule has 0 aromatic carbocycles. The van der Waals surface area contributed by atoms with Crippen LogP contribution in [0.4, 0.5) is 0 Å². The average molecular weight is 456 g/mol. The second-order valence-corrected chi connectivity index (χ2v) is 20.7. The van der Waals surface area contributed by atoms with Gasteiger partial charge in [0.05, 0.1) is 0 Å². The molecule has 0 rings (SSSR count). The van der Waals surface area contributed by atoms with E-state index >= 15 is 0 Å². The summed E-state index contributed by atoms with van der Waals surface area (Å²) in [6, 6.07) is 0. The van der Waals surface area contributed by atoms with Crippen LogP contribution in [-0.4, -0.2) is 25.5 Å². The van der Waals surface area contributed by atoms with Crippen molar-refractivity contribution < 1.29 is 0 Å². The molecular weight excluding hydrogens is 456 g/mol. The summed E-state index contributed by atoms with van der Waals surface area (Å²) in [6.45, 7) is 0. The summed E-state index contributed by atoms with van der Waals surface area (Å²) < 4.78 is 0.104. The van der Waals surface area contributed by atoms with E-state index in [0.717, 1.165) is 25.8 Å². The molecule has 0 atom stereocenters. The zero-order valence-electron chi connectivity index (χ0n) is 2.21. The maximum absolute atomic E-state index is 3.28. The fourth-order valence-corrected chi connectivity index (χ4v) is 0. The van der Waals surface area contributed by atoms with Crippen molar-refractivity contribution in [3.8, 4) is 0 Å². The molecule has 0 spiro atoms. The van der Waals surface area contributed by atoms with E-state index in [1.165, 1.54) is 0 Å². The summed E-state index contributed by atoms with van der Waals surface area (Å²) in [5.74, 6) is 0. The summed E-state index contributed by atoms with van der Waals surface area (Å²) in [6.07, 6.45) is 0. The predicted molar refractivity (Wildman–Crippen MR) is 35.3 cm³/mol. The van der Waals surface area contributed by atoms with E-state index in [0.29, 0.717) is 0 Å². The molecule has 0 amide bonds. The monoisotopic (exact) mass is 454 g/mol. The van der Waals surface area contributed by atoms with Gasteiger partial charge in [-0.2, -0.15) is 0 Å². The van der Waals surface area contributed by atoms with Gasteiger partial charge in [-0.05, 0) is 0 Å². The van der Waals surface area contributed by atoms with Crippen molar-refractivity contribution in [2.24, 2.45) is 0 Å². The van der Waals surface area contributed by atoms with E-state index in [4.69, 9.17) is 0 Å². The van der Waals surface area contributed by atoms with Gasteiger partial charge in [0.15, 0.2) is 0 Å². The summed E-state index contributed by atoms with van der Waals surface area (Å²) >= 11 is 10.7. The molecule has 0 aliphatic heterocycles. The van der Waals surface area contributed by atoms with Crippen LogP contribution in [0.25, 0.3) is 0 Å². The van der Waals surface area contributed by atoms with Crippen LogP contribution in [0.3, 0.4) is 0 Å². The number of hydrogen-bond acceptors (Lipinski definition) is 0. The Kier molecular flexibility index (Phi) is 3.85. The third-order valence-electron chi connectivity index (χ3n) is 0. The van der Waals surface area contributed by atoms with Crippen molar-refractivity contribution >= 4 is 73.6 Å². The Morgan fingerprint density at radius 1 is 1.20 bits per heavy atom. The second kappa shape index (κ2) is 2.62. The molecule has 4 heteroatoms. The summed E-state index contributed by atoms with van der Waals surface area (Å²) in [5, 5.41) is 0. The molecule has 0 aliphatic carbocycles. The van der Waals surface area contributed by atoms with Crippen LogP contribution >= 0.6 is 47.8 Å². The minimum atomic E-state index is 0.104. The molecule has 0 heterocycles. The Balaban J connectivity index is 3.02. The molecule has 0 aromatic rings. The standard InChI is InChI=1S/CBr3.Tl/c2-1(3)4;. The van der Waals surface area contributed by atoms with Crippen LogP contribution in [0.2, 0.25) is 0 Å². The molecule has 0 aromatic heterocycles. The van der Waals surface area contributed by atoms with Gasteiger partial charge in [-0.3, -0.25) is 0 Å². The molecule has 0 fully saturated rings. The average Bonchev–Trinajstić information content (AvgIpc) is 0.722. The topological polar surface area (TPSA) is 0 Å². The van der Waals surface area contributed by atoms with Gasteiger partial charge in [0, 0.05) is 0 Å². The van der Waals surface area contributed by atoms with E-state index in [1.807, 2.05) is 0 Å². The maximum atomic E-state index is 3.28. The van der Waals surface area contributed by atoms with Gasteiger partial charge in [-0.25, -0.2) is 0 Å². The number of rotatable bonds is 0. The molecule has 0 aliphatic rings. The van der Waals surface area contributed by atoms with E-state index in [9.17, 15) is 0 Å². The van der Waals surface area contributed by atoms with Crippen molar-refractivity contribution in [3.05, 3.63) is 0 Å². The summed E-state index contributed by atoms with van der Waals surface area (Å²) in [7, 11) is 0. The van der Waals surface area contributed by atoms with Gasteiger partial charge >= 0.3 is 73.3 Å². The van der Waals surface area contributed by atoms with E-state index in [2.05, 4.69) is 47.8 Å². The zero-order chi connectivity index (χ0) is 4.50. The van der Waals surface area contributed by atoms with Gasteiger partial charge in [-0.1, -0.05) is 0 Å². The van der Waals surface area contributed by atoms with Crippen LogP contribution < -0.4 is 0 Å². The van der Waals surface area contributed by atoms with Crippen LogP contribution in [0, 0.1) is 0 Å². The third-order valence-corrected chi connectivity index (χ3v) is 0. The van der Waals surface area contributed by atoms with E-state index in [1.54, 1.807) is 0 Å². The van der Waals surface area contributed by atoms with Crippen molar-refractivity contribution in [1.82, 2.24) is 0 Å². The fraction of sp³-hybridized carbons (Fsp3) is 1.00. The number of halogens is 3. The third kappa shape index (κ3) is 21.7. The molecule has 0 bridgehead atoms. The van der Waals surface area contributed by atoms with Crippen LogP contribution in [0.1, 0.15) is 0 Å². The first-order chi connectivity index (χ1) is 2.00. The van der Waals surface area contributed by atoms with Crippen LogP contribution in [-0.2, 0) is 0 Å². The fourth-order valence-electron chi connectivity index (χ4n) is 0. The molecular formula is CBr3Tl. The molecule has 5 heavy (non-hydrogen) atoms. The first-order valence-corrected chi connectivity index (χ1v) is 5.48. The van der Waals surface area contributed by atoms with Crippen molar-refractivity contribution in [1.29, 1.82) is 0 Å². The molecule has 0 unspecified atom stereocenters. The predicted octanol–water partition coefficient (Wildman–Crippen LogP) is 1.95. The van der Waals surface area contributed by atoms with Crippen molar-refractivity contribution in [2.75, 3.05) is 0 Å². The first-order valence-electron chi connectivity index (χ1n) is 0.856. The summed E-state index contributed by atoms with van der Waals surface area (Å²) in [5.41, 5.74) is 0. The molecule has 0 nitrogen and oxygen atoms in total. The normalized spacial score (nSPS) is 11.6. The van der Waals surface area contributed by atoms with Gasteiger partial charge in [0.1, 0.15) is 0 Å². The van der Waals surface area contributed by atoms with Crippen molar-refractivity contribution in [2.45, 2.75) is -0.298 Å². The molecule has 0 radical (unpaired) electrons. The van der Waals surface area contributed by atoms with E-state index in [-0.39, 0.29) is -0.298 Å². The van der Waals surface area contributed by atoms with Gasteiger partial charge in [0.2, 0.25) is 0 Å². The van der Waals surface area contributed by atoms with E-state index < -0.39 is 0 Å². The Hall–Kier alpha value is 2.36. The Morgan fingerprint density at radius 3 is 1.20 bits per heavy atom. The SMILES string of the molecule is Br[C](Br)(Br)[Tl]. The number of hydrogen-bond donors (Lipinski definition) is 0. The van der Waals surface area contributed by atoms with Crippen molar-refractivity contribution in [3.63, 3.8) is 0 Å². The molecule has 0 saturated heterocycles. The Morgan fingerprint density at radius 2 is 1.20 bits per heavy atom. The second-order valence-electron chi connectivity index (χ2n) is 0.542. The van der Waals surface area contributed by atoms with Gasteiger partial charge < -0.3 is 0 Å². The van der Waals surface area contributed by atoms with Gasteiger partial charge in [0.25, 0.3) is 0 Å². The quantitative estimate of drug-likeness (QED) is 0.387. The minimum absolute atomic E-state index is 0.104. The Bertz CT molecular complexity index is 22.4. The molecule has 28 valence electrons. The summed E-state index contributed by atoms with van der Waals surface area (Å²) in [4.78, 5) is 0. The number of alkyl halides is 3. The van der Waals surface area contributed by atoms with Crippen LogP contribution in [0.5, 0.6) is 0 Å².